The molecule has 2 N–H and O–H groups in total. The molecule has 32 heavy (non-hydrogen) atoms. The van der Waals surface area contributed by atoms with Gasteiger partial charge in [0, 0.05) is 11.8 Å². The van der Waals surface area contributed by atoms with Crippen LogP contribution < -0.4 is 5.73 Å². The van der Waals surface area contributed by atoms with Gasteiger partial charge in [-0.05, 0) is 31.2 Å². The van der Waals surface area contributed by atoms with E-state index in [1.54, 1.807) is 19.2 Å². The number of hydrogen-bond donors (Lipinski definition) is 1. The van der Waals surface area contributed by atoms with Crippen LogP contribution in [0.15, 0.2) is 53.4 Å². The Bertz CT molecular complexity index is 1500. The van der Waals surface area contributed by atoms with E-state index in [1.807, 2.05) is 24.3 Å². The maximum Gasteiger partial charge on any atom is 0.181 e. The minimum absolute atomic E-state index is 0.0740. The number of anilines is 1. The highest BCUT2D eigenvalue weighted by molar-refractivity contribution is 6.02. The Hall–Kier alpha value is -4.65. The summed E-state index contributed by atoms with van der Waals surface area (Å²) in [5, 5.41) is 18.3. The quantitative estimate of drug-likeness (QED) is 0.462. The predicted molar refractivity (Wildman–Crippen MR) is 113 cm³/mol. The summed E-state index contributed by atoms with van der Waals surface area (Å²) in [5.41, 5.74) is 8.82. The second-order valence-corrected chi connectivity index (χ2v) is 7.02. The molecule has 0 bridgehead atoms. The van der Waals surface area contributed by atoms with Crippen molar-refractivity contribution in [3.05, 3.63) is 71.8 Å². The standard InChI is InChI=1S/C22H15FN8O/c1-12-21(32-11-27-12)16-18(15-7-4-5-13(9-24)17(15)23)28-22(25)20-19(16)29-31(30-20)10-14-6-2-3-8-26-14/h2-8,11H,10H2,1H3,(H2,25,28). The van der Waals surface area contributed by atoms with Gasteiger partial charge >= 0.3 is 0 Å². The number of nitrogen functional groups attached to an aromatic ring is 1. The molecule has 156 valence electrons. The maximum absolute atomic E-state index is 15.1. The smallest absolute Gasteiger partial charge is 0.181 e. The van der Waals surface area contributed by atoms with E-state index in [2.05, 4.69) is 25.1 Å². The van der Waals surface area contributed by atoms with Gasteiger partial charge in [0.05, 0.1) is 28.2 Å². The third-order valence-corrected chi connectivity index (χ3v) is 4.98. The van der Waals surface area contributed by atoms with E-state index in [1.165, 1.54) is 23.3 Å². The molecule has 0 amide bonds. The van der Waals surface area contributed by atoms with E-state index in [-0.39, 0.29) is 22.6 Å². The summed E-state index contributed by atoms with van der Waals surface area (Å²) < 4.78 is 20.7. The van der Waals surface area contributed by atoms with Gasteiger partial charge in [0.2, 0.25) is 0 Å². The average molecular weight is 426 g/mol. The molecule has 0 atom stereocenters. The largest absolute Gasteiger partial charge is 0.443 e. The summed E-state index contributed by atoms with van der Waals surface area (Å²) in [4.78, 5) is 14.3. The van der Waals surface area contributed by atoms with Crippen LogP contribution >= 0.6 is 0 Å². The minimum atomic E-state index is -0.708. The zero-order chi connectivity index (χ0) is 22.2. The Kier molecular flexibility index (Phi) is 4.56. The lowest BCUT2D eigenvalue weighted by molar-refractivity contribution is 0.571. The summed E-state index contributed by atoms with van der Waals surface area (Å²) in [6, 6.07) is 11.9. The molecule has 4 aromatic heterocycles. The molecule has 4 heterocycles. The van der Waals surface area contributed by atoms with Crippen molar-refractivity contribution in [3.63, 3.8) is 0 Å². The molecule has 0 spiro atoms. The molecule has 5 aromatic rings. The molecule has 5 rings (SSSR count). The fourth-order valence-electron chi connectivity index (χ4n) is 3.49. The molecule has 1 aromatic carbocycles. The third kappa shape index (κ3) is 3.13. The first-order valence-corrected chi connectivity index (χ1v) is 9.60. The fourth-order valence-corrected chi connectivity index (χ4v) is 3.49. The normalized spacial score (nSPS) is 11.0. The Morgan fingerprint density at radius 2 is 1.97 bits per heavy atom. The van der Waals surface area contributed by atoms with E-state index in [9.17, 15) is 5.26 Å². The van der Waals surface area contributed by atoms with E-state index < -0.39 is 5.82 Å². The number of nitrogens with two attached hydrogens (primary N) is 1. The van der Waals surface area contributed by atoms with E-state index >= 15 is 4.39 Å². The summed E-state index contributed by atoms with van der Waals surface area (Å²) >= 11 is 0. The number of halogens is 1. The van der Waals surface area contributed by atoms with Gasteiger partial charge in [0.25, 0.3) is 0 Å². The van der Waals surface area contributed by atoms with Crippen molar-refractivity contribution in [2.24, 2.45) is 0 Å². The van der Waals surface area contributed by atoms with Gasteiger partial charge in [-0.25, -0.2) is 14.4 Å². The highest BCUT2D eigenvalue weighted by atomic mass is 19.1. The second-order valence-electron chi connectivity index (χ2n) is 7.02. The van der Waals surface area contributed by atoms with Crippen LogP contribution in [0.2, 0.25) is 0 Å². The van der Waals surface area contributed by atoms with E-state index in [4.69, 9.17) is 10.2 Å². The Morgan fingerprint density at radius 1 is 1.12 bits per heavy atom. The van der Waals surface area contributed by atoms with Crippen LogP contribution in [0.1, 0.15) is 17.0 Å². The molecule has 0 aliphatic rings. The Balaban J connectivity index is 1.80. The lowest BCUT2D eigenvalue weighted by Crippen LogP contribution is -2.05. The van der Waals surface area contributed by atoms with Crippen molar-refractivity contribution >= 4 is 16.9 Å². The number of nitriles is 1. The summed E-state index contributed by atoms with van der Waals surface area (Å²) in [6.45, 7) is 2.06. The van der Waals surface area contributed by atoms with Gasteiger partial charge in [-0.15, -0.1) is 5.10 Å². The zero-order valence-electron chi connectivity index (χ0n) is 16.8. The number of benzene rings is 1. The highest BCUT2D eigenvalue weighted by Gasteiger charge is 2.26. The Morgan fingerprint density at radius 3 is 2.69 bits per heavy atom. The average Bonchev–Trinajstić information content (AvgIpc) is 3.41. The molecule has 0 fully saturated rings. The topological polar surface area (TPSA) is 132 Å². The predicted octanol–water partition coefficient (Wildman–Crippen LogP) is 3.49. The lowest BCUT2D eigenvalue weighted by atomic mass is 9.99. The SMILES string of the molecule is Cc1ncoc1-c1c(-c2cccc(C#N)c2F)nc(N)c2nn(Cc3ccccn3)nc12. The van der Waals surface area contributed by atoms with Gasteiger partial charge in [0.1, 0.15) is 23.9 Å². The van der Waals surface area contributed by atoms with Crippen LogP contribution in [-0.2, 0) is 6.54 Å². The summed E-state index contributed by atoms with van der Waals surface area (Å²) in [5.74, 6) is -0.269. The highest BCUT2D eigenvalue weighted by Crippen LogP contribution is 2.39. The fraction of sp³-hybridized carbons (Fsp3) is 0.0909. The number of aromatic nitrogens is 6. The van der Waals surface area contributed by atoms with Gasteiger partial charge in [-0.3, -0.25) is 4.98 Å². The molecule has 9 nitrogen and oxygen atoms in total. The second kappa shape index (κ2) is 7.55. The van der Waals surface area contributed by atoms with Crippen molar-refractivity contribution < 1.29 is 8.81 Å². The number of nitrogens with zero attached hydrogens (tertiary/aromatic N) is 7. The minimum Gasteiger partial charge on any atom is -0.443 e. The molecule has 0 aliphatic heterocycles. The van der Waals surface area contributed by atoms with Crippen LogP contribution in [0.25, 0.3) is 33.6 Å². The van der Waals surface area contributed by atoms with Crippen LogP contribution in [0.3, 0.4) is 0 Å². The molecule has 0 saturated carbocycles. The summed E-state index contributed by atoms with van der Waals surface area (Å²) in [7, 11) is 0. The van der Waals surface area contributed by atoms with Gasteiger partial charge < -0.3 is 10.2 Å². The van der Waals surface area contributed by atoms with Crippen molar-refractivity contribution in [1.29, 1.82) is 5.26 Å². The number of aryl methyl sites for hydroxylation is 1. The van der Waals surface area contributed by atoms with Crippen molar-refractivity contribution in [2.45, 2.75) is 13.5 Å². The van der Waals surface area contributed by atoms with Crippen LogP contribution in [0.4, 0.5) is 10.2 Å². The molecule has 10 heteroatoms. The molecule has 0 saturated heterocycles. The molecule has 0 radical (unpaired) electrons. The first-order valence-electron chi connectivity index (χ1n) is 9.60. The summed E-state index contributed by atoms with van der Waals surface area (Å²) in [6.07, 6.45) is 2.97. The van der Waals surface area contributed by atoms with Crippen LogP contribution in [0.5, 0.6) is 0 Å². The van der Waals surface area contributed by atoms with Gasteiger partial charge in [-0.2, -0.15) is 15.2 Å². The zero-order valence-corrected chi connectivity index (χ0v) is 16.8. The van der Waals surface area contributed by atoms with Crippen LogP contribution in [-0.4, -0.2) is 29.9 Å². The monoisotopic (exact) mass is 426 g/mol. The molecular weight excluding hydrogens is 411 g/mol. The van der Waals surface area contributed by atoms with Crippen molar-refractivity contribution in [2.75, 3.05) is 5.73 Å². The third-order valence-electron chi connectivity index (χ3n) is 4.98. The van der Waals surface area contributed by atoms with Crippen molar-refractivity contribution in [1.82, 2.24) is 29.9 Å². The maximum atomic E-state index is 15.1. The lowest BCUT2D eigenvalue weighted by Gasteiger charge is -2.10. The molecule has 0 aliphatic carbocycles. The van der Waals surface area contributed by atoms with Crippen LogP contribution in [0, 0.1) is 24.1 Å². The van der Waals surface area contributed by atoms with Gasteiger partial charge in [-0.1, -0.05) is 12.1 Å². The number of hydrogen-bond acceptors (Lipinski definition) is 8. The van der Waals surface area contributed by atoms with Crippen molar-refractivity contribution in [3.8, 4) is 28.7 Å². The molecular formula is C22H15FN8O. The van der Waals surface area contributed by atoms with Gasteiger partial charge in [0.15, 0.2) is 23.5 Å². The number of pyridine rings is 2. The number of fused-ring (bicyclic) bond motifs is 1. The Labute approximate surface area is 181 Å². The first kappa shape index (κ1) is 19.3. The first-order chi connectivity index (χ1) is 15.6. The number of rotatable bonds is 4. The number of oxazole rings is 1. The molecule has 0 unspecified atom stereocenters. The van der Waals surface area contributed by atoms with E-state index in [0.717, 1.165) is 5.69 Å². The van der Waals surface area contributed by atoms with E-state index in [0.29, 0.717) is 34.6 Å².